The summed E-state index contributed by atoms with van der Waals surface area (Å²) in [6.07, 6.45) is 0. The zero-order valence-electron chi connectivity index (χ0n) is 8.50. The minimum atomic E-state index is -0.657. The number of fused-ring (bicyclic) bond motifs is 1. The Kier molecular flexibility index (Phi) is 3.38. The second-order valence-corrected chi connectivity index (χ2v) is 4.27. The zero-order valence-corrected chi connectivity index (χ0v) is 10.8. The molecule has 7 heteroatoms. The molecule has 0 N–H and O–H groups in total. The number of rotatable bonds is 1. The van der Waals surface area contributed by atoms with Gasteiger partial charge in [-0.1, -0.05) is 34.8 Å². The van der Waals surface area contributed by atoms with Gasteiger partial charge in [-0.15, -0.1) is 10.2 Å². The van der Waals surface area contributed by atoms with Gasteiger partial charge in [-0.2, -0.15) is 0 Å². The lowest BCUT2D eigenvalue weighted by atomic mass is 10.2. The van der Waals surface area contributed by atoms with E-state index >= 15 is 0 Å². The first kappa shape index (κ1) is 12.4. The first-order chi connectivity index (χ1) is 8.06. The van der Waals surface area contributed by atoms with Gasteiger partial charge in [0.15, 0.2) is 5.69 Å². The molecule has 0 unspecified atom stereocenters. The number of ether oxygens (including phenoxy) is 1. The summed E-state index contributed by atoms with van der Waals surface area (Å²) >= 11 is 17.8. The summed E-state index contributed by atoms with van der Waals surface area (Å²) in [4.78, 5) is 11.4. The lowest BCUT2D eigenvalue weighted by Gasteiger charge is -2.05. The van der Waals surface area contributed by atoms with E-state index in [-0.39, 0.29) is 15.7 Å². The van der Waals surface area contributed by atoms with Gasteiger partial charge in [0, 0.05) is 5.39 Å². The monoisotopic (exact) mass is 290 g/mol. The van der Waals surface area contributed by atoms with Gasteiger partial charge in [0.1, 0.15) is 5.52 Å². The molecule has 1 aromatic heterocycles. The van der Waals surface area contributed by atoms with Crippen molar-refractivity contribution in [1.82, 2.24) is 10.2 Å². The Bertz CT molecular complexity index is 616. The van der Waals surface area contributed by atoms with E-state index in [2.05, 4.69) is 14.9 Å². The number of methoxy groups -OCH3 is 1. The quantitative estimate of drug-likeness (QED) is 0.756. The number of esters is 1. The fraction of sp³-hybridized carbons (Fsp3) is 0.100. The molecule has 0 atom stereocenters. The number of benzene rings is 1. The van der Waals surface area contributed by atoms with E-state index in [0.717, 1.165) is 0 Å². The summed E-state index contributed by atoms with van der Waals surface area (Å²) in [6, 6.07) is 3.19. The van der Waals surface area contributed by atoms with Crippen molar-refractivity contribution in [1.29, 1.82) is 0 Å². The van der Waals surface area contributed by atoms with Gasteiger partial charge in [-0.25, -0.2) is 4.79 Å². The minimum absolute atomic E-state index is 0.0555. The number of carbonyl (C=O) groups is 1. The highest BCUT2D eigenvalue weighted by molar-refractivity contribution is 6.46. The Morgan fingerprint density at radius 1 is 1.18 bits per heavy atom. The van der Waals surface area contributed by atoms with Gasteiger partial charge in [0.05, 0.1) is 22.2 Å². The molecule has 0 fully saturated rings. The molecule has 1 aromatic carbocycles. The SMILES string of the molecule is COC(=O)c1nnc2c(Cl)c(Cl)ccc2c1Cl. The average Bonchev–Trinajstić information content (AvgIpc) is 2.33. The maximum atomic E-state index is 11.4. The smallest absolute Gasteiger partial charge is 0.360 e. The molecule has 0 saturated carbocycles. The van der Waals surface area contributed by atoms with Crippen molar-refractivity contribution in [2.24, 2.45) is 0 Å². The third-order valence-electron chi connectivity index (χ3n) is 2.14. The highest BCUT2D eigenvalue weighted by atomic mass is 35.5. The molecule has 0 saturated heterocycles. The van der Waals surface area contributed by atoms with Crippen molar-refractivity contribution in [2.45, 2.75) is 0 Å². The van der Waals surface area contributed by atoms with Gasteiger partial charge >= 0.3 is 5.97 Å². The van der Waals surface area contributed by atoms with Crippen molar-refractivity contribution >= 4 is 51.7 Å². The number of hydrogen-bond acceptors (Lipinski definition) is 4. The van der Waals surface area contributed by atoms with E-state index in [1.165, 1.54) is 7.11 Å². The number of carbonyl (C=O) groups excluding carboxylic acids is 1. The first-order valence-electron chi connectivity index (χ1n) is 4.44. The van der Waals surface area contributed by atoms with Crippen LogP contribution in [0.4, 0.5) is 0 Å². The van der Waals surface area contributed by atoms with Gasteiger partial charge < -0.3 is 4.74 Å². The highest BCUT2D eigenvalue weighted by Gasteiger charge is 2.18. The van der Waals surface area contributed by atoms with Gasteiger partial charge in [-0.05, 0) is 12.1 Å². The van der Waals surface area contributed by atoms with E-state index < -0.39 is 5.97 Å². The number of hydrogen-bond donors (Lipinski definition) is 0. The lowest BCUT2D eigenvalue weighted by molar-refractivity contribution is 0.0593. The van der Waals surface area contributed by atoms with E-state index in [9.17, 15) is 4.79 Å². The molecule has 17 heavy (non-hydrogen) atoms. The molecule has 1 heterocycles. The fourth-order valence-corrected chi connectivity index (χ4v) is 1.94. The van der Waals surface area contributed by atoms with Gasteiger partial charge in [0.2, 0.25) is 0 Å². The Hall–Kier alpha value is -1.10. The van der Waals surface area contributed by atoms with Crippen LogP contribution in [0.15, 0.2) is 12.1 Å². The Labute approximate surface area is 111 Å². The van der Waals surface area contributed by atoms with Crippen molar-refractivity contribution in [3.8, 4) is 0 Å². The molecular weight excluding hydrogens is 286 g/mol. The highest BCUT2D eigenvalue weighted by Crippen LogP contribution is 2.33. The Morgan fingerprint density at radius 2 is 1.88 bits per heavy atom. The predicted octanol–water partition coefficient (Wildman–Crippen LogP) is 3.38. The fourth-order valence-electron chi connectivity index (χ4n) is 1.31. The standard InChI is InChI=1S/C10H5Cl3N2O2/c1-17-10(16)9-6(12)4-2-3-5(11)7(13)8(4)14-15-9/h2-3H,1H3. The molecule has 0 amide bonds. The Morgan fingerprint density at radius 3 is 2.53 bits per heavy atom. The van der Waals surface area contributed by atoms with Crippen LogP contribution in [0.5, 0.6) is 0 Å². The van der Waals surface area contributed by atoms with Crippen molar-refractivity contribution in [2.75, 3.05) is 7.11 Å². The van der Waals surface area contributed by atoms with E-state index in [4.69, 9.17) is 34.8 Å². The van der Waals surface area contributed by atoms with Crippen LogP contribution in [0.25, 0.3) is 10.9 Å². The average molecular weight is 292 g/mol. The molecule has 0 aliphatic rings. The van der Waals surface area contributed by atoms with Crippen LogP contribution >= 0.6 is 34.8 Å². The van der Waals surface area contributed by atoms with Crippen LogP contribution < -0.4 is 0 Å². The third kappa shape index (κ3) is 2.04. The maximum Gasteiger partial charge on any atom is 0.360 e. The normalized spacial score (nSPS) is 10.6. The molecule has 88 valence electrons. The summed E-state index contributed by atoms with van der Waals surface area (Å²) in [5.74, 6) is -0.657. The van der Waals surface area contributed by atoms with Crippen molar-refractivity contribution in [3.63, 3.8) is 0 Å². The summed E-state index contributed by atoms with van der Waals surface area (Å²) in [6.45, 7) is 0. The van der Waals surface area contributed by atoms with Crippen LogP contribution in [0.2, 0.25) is 15.1 Å². The largest absolute Gasteiger partial charge is 0.464 e. The summed E-state index contributed by atoms with van der Waals surface area (Å²) in [7, 11) is 1.24. The molecular formula is C10H5Cl3N2O2. The summed E-state index contributed by atoms with van der Waals surface area (Å²) in [5.41, 5.74) is 0.289. The van der Waals surface area contributed by atoms with Crippen LogP contribution in [-0.4, -0.2) is 23.3 Å². The summed E-state index contributed by atoms with van der Waals surface area (Å²) in [5, 5.41) is 8.72. The maximum absolute atomic E-state index is 11.4. The summed E-state index contributed by atoms with van der Waals surface area (Å²) < 4.78 is 4.54. The second kappa shape index (κ2) is 4.64. The molecule has 2 aromatic rings. The predicted molar refractivity (Wildman–Crippen MR) is 65.9 cm³/mol. The topological polar surface area (TPSA) is 52.1 Å². The second-order valence-electron chi connectivity index (χ2n) is 3.11. The van der Waals surface area contributed by atoms with E-state index in [1.807, 2.05) is 0 Å². The molecule has 0 aliphatic heterocycles. The lowest BCUT2D eigenvalue weighted by Crippen LogP contribution is -2.07. The molecule has 4 nitrogen and oxygen atoms in total. The van der Waals surface area contributed by atoms with Crippen LogP contribution in [0, 0.1) is 0 Å². The van der Waals surface area contributed by atoms with E-state index in [1.54, 1.807) is 12.1 Å². The zero-order chi connectivity index (χ0) is 12.6. The van der Waals surface area contributed by atoms with Crippen LogP contribution in [0.3, 0.4) is 0 Å². The van der Waals surface area contributed by atoms with Gasteiger partial charge in [-0.3, -0.25) is 0 Å². The molecule has 0 radical (unpaired) electrons. The number of nitrogens with zero attached hydrogens (tertiary/aromatic N) is 2. The van der Waals surface area contributed by atoms with Crippen molar-refractivity contribution in [3.05, 3.63) is 32.9 Å². The molecule has 2 rings (SSSR count). The third-order valence-corrected chi connectivity index (χ3v) is 3.32. The van der Waals surface area contributed by atoms with Gasteiger partial charge in [0.25, 0.3) is 0 Å². The van der Waals surface area contributed by atoms with Crippen LogP contribution in [-0.2, 0) is 4.74 Å². The number of aromatic nitrogens is 2. The Balaban J connectivity index is 2.77. The first-order valence-corrected chi connectivity index (χ1v) is 5.58. The molecule has 0 spiro atoms. The minimum Gasteiger partial charge on any atom is -0.464 e. The molecule has 0 aliphatic carbocycles. The number of halogens is 3. The van der Waals surface area contributed by atoms with Crippen LogP contribution in [0.1, 0.15) is 10.5 Å². The van der Waals surface area contributed by atoms with Crippen molar-refractivity contribution < 1.29 is 9.53 Å². The van der Waals surface area contributed by atoms with E-state index in [0.29, 0.717) is 15.9 Å². The molecule has 0 bridgehead atoms.